The van der Waals surface area contributed by atoms with E-state index in [0.29, 0.717) is 12.0 Å². The molecule has 3 rings (SSSR count). The normalized spacial score (nSPS) is 27.6. The number of hydrogen-bond donors (Lipinski definition) is 1. The topological polar surface area (TPSA) is 24.5 Å². The Balaban J connectivity index is 1.91. The summed E-state index contributed by atoms with van der Waals surface area (Å²) in [5.74, 6) is 1.83. The minimum absolute atomic E-state index is 0.0627. The maximum atomic E-state index is 6.29. The van der Waals surface area contributed by atoms with Crippen molar-refractivity contribution < 1.29 is 4.74 Å². The molecule has 0 amide bonds. The van der Waals surface area contributed by atoms with E-state index in [2.05, 4.69) is 56.2 Å². The fourth-order valence-electron chi connectivity index (χ4n) is 3.93. The molecule has 1 aromatic carbocycles. The number of benzene rings is 1. The number of fused-ring (bicyclic) bond motifs is 1. The first kappa shape index (κ1) is 14.9. The second-order valence-corrected chi connectivity index (χ2v) is 7.16. The Kier molecular flexibility index (Phi) is 3.98. The molecule has 1 aromatic rings. The Morgan fingerprint density at radius 3 is 2.95 bits per heavy atom. The van der Waals surface area contributed by atoms with Gasteiger partial charge in [-0.3, -0.25) is 4.90 Å². The van der Waals surface area contributed by atoms with Crippen LogP contribution in [0.3, 0.4) is 0 Å². The van der Waals surface area contributed by atoms with Gasteiger partial charge in [-0.15, -0.1) is 0 Å². The highest BCUT2D eigenvalue weighted by molar-refractivity contribution is 5.47. The molecule has 2 aliphatic rings. The number of nitrogens with zero attached hydrogens (tertiary/aromatic N) is 1. The molecule has 0 aliphatic carbocycles. The van der Waals surface area contributed by atoms with Crippen molar-refractivity contribution in [2.75, 3.05) is 26.7 Å². The van der Waals surface area contributed by atoms with Gasteiger partial charge in [-0.2, -0.15) is 0 Å². The van der Waals surface area contributed by atoms with Crippen LogP contribution in [-0.4, -0.2) is 37.2 Å². The van der Waals surface area contributed by atoms with Gasteiger partial charge in [-0.05, 0) is 58.4 Å². The van der Waals surface area contributed by atoms with Gasteiger partial charge in [-0.1, -0.05) is 25.1 Å². The number of nitrogens with one attached hydrogen (secondary N) is 1. The lowest BCUT2D eigenvalue weighted by molar-refractivity contribution is 0.133. The molecular formula is C18H28N2O. The number of hydrogen-bond acceptors (Lipinski definition) is 3. The molecule has 0 bridgehead atoms. The lowest BCUT2D eigenvalue weighted by Crippen LogP contribution is -2.29. The van der Waals surface area contributed by atoms with Crippen LogP contribution in [0, 0.1) is 5.92 Å². The van der Waals surface area contributed by atoms with Crippen molar-refractivity contribution in [1.82, 2.24) is 10.2 Å². The van der Waals surface area contributed by atoms with Crippen molar-refractivity contribution in [2.24, 2.45) is 5.92 Å². The van der Waals surface area contributed by atoms with Gasteiger partial charge in [0.1, 0.15) is 11.4 Å². The van der Waals surface area contributed by atoms with Crippen molar-refractivity contribution >= 4 is 0 Å². The fourth-order valence-corrected chi connectivity index (χ4v) is 3.93. The van der Waals surface area contributed by atoms with Crippen molar-refractivity contribution in [3.05, 3.63) is 29.3 Å². The SMILES string of the molecule is CCNCC1CCN(C)C1c1cccc2c1OC(C)(C)C2. The standard InChI is InChI=1S/C18H28N2O/c1-5-19-12-14-9-10-20(4)16(14)15-8-6-7-13-11-18(2,3)21-17(13)15/h6-8,14,16,19H,5,9-12H2,1-4H3. The third-order valence-electron chi connectivity index (χ3n) is 4.87. The fraction of sp³-hybridized carbons (Fsp3) is 0.667. The molecule has 0 aromatic heterocycles. The maximum absolute atomic E-state index is 6.29. The highest BCUT2D eigenvalue weighted by Gasteiger charge is 2.38. The number of para-hydroxylation sites is 1. The van der Waals surface area contributed by atoms with E-state index >= 15 is 0 Å². The van der Waals surface area contributed by atoms with Crippen molar-refractivity contribution in [1.29, 1.82) is 0 Å². The van der Waals surface area contributed by atoms with E-state index in [-0.39, 0.29) is 5.60 Å². The minimum atomic E-state index is -0.0627. The molecule has 2 atom stereocenters. The van der Waals surface area contributed by atoms with Crippen LogP contribution in [0.1, 0.15) is 44.4 Å². The Morgan fingerprint density at radius 2 is 2.19 bits per heavy atom. The zero-order valence-electron chi connectivity index (χ0n) is 13.8. The van der Waals surface area contributed by atoms with Gasteiger partial charge in [0, 0.05) is 18.0 Å². The molecule has 2 unspecified atom stereocenters. The van der Waals surface area contributed by atoms with Crippen molar-refractivity contribution in [3.8, 4) is 5.75 Å². The zero-order chi connectivity index (χ0) is 15.0. The van der Waals surface area contributed by atoms with E-state index < -0.39 is 0 Å². The first-order valence-corrected chi connectivity index (χ1v) is 8.23. The summed E-state index contributed by atoms with van der Waals surface area (Å²) in [4.78, 5) is 2.49. The van der Waals surface area contributed by atoms with E-state index in [0.717, 1.165) is 25.3 Å². The van der Waals surface area contributed by atoms with Gasteiger partial charge in [0.05, 0.1) is 0 Å². The predicted molar refractivity (Wildman–Crippen MR) is 86.9 cm³/mol. The summed E-state index contributed by atoms with van der Waals surface area (Å²) in [6.45, 7) is 9.87. The summed E-state index contributed by atoms with van der Waals surface area (Å²) in [5, 5.41) is 3.53. The number of likely N-dealkylation sites (tertiary alicyclic amines) is 1. The molecule has 0 radical (unpaired) electrons. The molecule has 2 heterocycles. The highest BCUT2D eigenvalue weighted by atomic mass is 16.5. The van der Waals surface area contributed by atoms with Gasteiger partial charge < -0.3 is 10.1 Å². The average Bonchev–Trinajstić information content (AvgIpc) is 2.94. The van der Waals surface area contributed by atoms with E-state index in [4.69, 9.17) is 4.74 Å². The van der Waals surface area contributed by atoms with Gasteiger partial charge in [0.25, 0.3) is 0 Å². The molecule has 3 nitrogen and oxygen atoms in total. The van der Waals surface area contributed by atoms with E-state index in [1.807, 2.05) is 0 Å². The van der Waals surface area contributed by atoms with Crippen molar-refractivity contribution in [3.63, 3.8) is 0 Å². The Labute approximate surface area is 128 Å². The van der Waals surface area contributed by atoms with Crippen LogP contribution >= 0.6 is 0 Å². The van der Waals surface area contributed by atoms with Crippen LogP contribution in [-0.2, 0) is 6.42 Å². The smallest absolute Gasteiger partial charge is 0.128 e. The van der Waals surface area contributed by atoms with Crippen LogP contribution in [0.25, 0.3) is 0 Å². The number of rotatable bonds is 4. The summed E-state index contributed by atoms with van der Waals surface area (Å²) >= 11 is 0. The van der Waals surface area contributed by atoms with E-state index in [1.165, 1.54) is 24.1 Å². The minimum Gasteiger partial charge on any atom is -0.487 e. The van der Waals surface area contributed by atoms with Gasteiger partial charge in [-0.25, -0.2) is 0 Å². The maximum Gasteiger partial charge on any atom is 0.128 e. The van der Waals surface area contributed by atoms with Crippen molar-refractivity contribution in [2.45, 2.75) is 45.3 Å². The molecule has 3 heteroatoms. The third kappa shape index (κ3) is 2.82. The lowest BCUT2D eigenvalue weighted by Gasteiger charge is -2.28. The summed E-state index contributed by atoms with van der Waals surface area (Å²) in [7, 11) is 2.25. The van der Waals surface area contributed by atoms with Gasteiger partial charge in [0.15, 0.2) is 0 Å². The Morgan fingerprint density at radius 1 is 1.38 bits per heavy atom. The van der Waals surface area contributed by atoms with Crippen LogP contribution in [0.15, 0.2) is 18.2 Å². The zero-order valence-corrected chi connectivity index (χ0v) is 13.8. The predicted octanol–water partition coefficient (Wildman–Crippen LogP) is 3.00. The third-order valence-corrected chi connectivity index (χ3v) is 4.87. The molecule has 1 N–H and O–H groups in total. The Bertz CT molecular complexity index is 512. The van der Waals surface area contributed by atoms with Gasteiger partial charge >= 0.3 is 0 Å². The average molecular weight is 288 g/mol. The molecule has 21 heavy (non-hydrogen) atoms. The molecule has 1 fully saturated rings. The molecule has 0 saturated carbocycles. The second-order valence-electron chi connectivity index (χ2n) is 7.16. The lowest BCUT2D eigenvalue weighted by atomic mass is 9.91. The van der Waals surface area contributed by atoms with E-state index in [1.54, 1.807) is 0 Å². The van der Waals surface area contributed by atoms with E-state index in [9.17, 15) is 0 Å². The summed E-state index contributed by atoms with van der Waals surface area (Å²) in [5.41, 5.74) is 2.70. The highest BCUT2D eigenvalue weighted by Crippen LogP contribution is 2.45. The molecular weight excluding hydrogens is 260 g/mol. The largest absolute Gasteiger partial charge is 0.487 e. The van der Waals surface area contributed by atoms with Crippen LogP contribution in [0.5, 0.6) is 5.75 Å². The quantitative estimate of drug-likeness (QED) is 0.922. The summed E-state index contributed by atoms with van der Waals surface area (Å²) in [6, 6.07) is 7.18. The van der Waals surface area contributed by atoms with Crippen LogP contribution < -0.4 is 10.1 Å². The second kappa shape index (κ2) is 5.62. The summed E-state index contributed by atoms with van der Waals surface area (Å²) in [6.07, 6.45) is 2.28. The Hall–Kier alpha value is -1.06. The first-order valence-electron chi connectivity index (χ1n) is 8.23. The van der Waals surface area contributed by atoms with Crippen LogP contribution in [0.4, 0.5) is 0 Å². The number of ether oxygens (including phenoxy) is 1. The summed E-state index contributed by atoms with van der Waals surface area (Å²) < 4.78 is 6.29. The first-order chi connectivity index (χ1) is 10.0. The molecule has 116 valence electrons. The molecule has 1 saturated heterocycles. The van der Waals surface area contributed by atoms with Crippen LogP contribution in [0.2, 0.25) is 0 Å². The monoisotopic (exact) mass is 288 g/mol. The molecule has 0 spiro atoms. The van der Waals surface area contributed by atoms with Gasteiger partial charge in [0.2, 0.25) is 0 Å². The molecule has 2 aliphatic heterocycles.